The Morgan fingerprint density at radius 2 is 1.72 bits per heavy atom. The summed E-state index contributed by atoms with van der Waals surface area (Å²) in [5, 5.41) is 2.29. The molecule has 0 spiro atoms. The normalized spacial score (nSPS) is 18.3. The van der Waals surface area contributed by atoms with E-state index in [1.807, 2.05) is 36.1 Å². The lowest BCUT2D eigenvalue weighted by atomic mass is 10.1. The molecule has 1 atom stereocenters. The lowest BCUT2D eigenvalue weighted by molar-refractivity contribution is -0.137. The third-order valence-electron chi connectivity index (χ3n) is 3.12. The highest BCUT2D eigenvalue weighted by atomic mass is 16.5. The summed E-state index contributed by atoms with van der Waals surface area (Å²) in [7, 11) is 1.62. The van der Waals surface area contributed by atoms with Crippen LogP contribution in [0, 0.1) is 0 Å². The predicted octanol–water partition coefficient (Wildman–Crippen LogP) is 0.715. The van der Waals surface area contributed by atoms with Crippen molar-refractivity contribution >= 4 is 11.8 Å². The highest BCUT2D eigenvalue weighted by Crippen LogP contribution is 2.22. The van der Waals surface area contributed by atoms with Crippen molar-refractivity contribution in [2.45, 2.75) is 13.0 Å². The molecule has 5 heteroatoms. The second-order valence-corrected chi connectivity index (χ2v) is 4.33. The molecule has 0 aliphatic carbocycles. The Morgan fingerprint density at radius 1 is 1.17 bits per heavy atom. The number of rotatable bonds is 3. The van der Waals surface area contributed by atoms with Gasteiger partial charge in [-0.1, -0.05) is 12.1 Å². The molecular weight excluding hydrogens is 232 g/mol. The van der Waals surface area contributed by atoms with E-state index in [1.165, 1.54) is 0 Å². The number of ether oxygens (including phenoxy) is 1. The third-order valence-corrected chi connectivity index (χ3v) is 3.12. The van der Waals surface area contributed by atoms with E-state index in [4.69, 9.17) is 4.74 Å². The van der Waals surface area contributed by atoms with Crippen LogP contribution in [0.5, 0.6) is 5.75 Å². The van der Waals surface area contributed by atoms with Crippen LogP contribution in [0.15, 0.2) is 24.3 Å². The molecule has 96 valence electrons. The molecule has 18 heavy (non-hydrogen) atoms. The molecule has 1 aromatic carbocycles. The van der Waals surface area contributed by atoms with Gasteiger partial charge in [0.2, 0.25) is 11.8 Å². The van der Waals surface area contributed by atoms with Crippen LogP contribution >= 0.6 is 0 Å². The van der Waals surface area contributed by atoms with Gasteiger partial charge in [0.25, 0.3) is 0 Å². The van der Waals surface area contributed by atoms with Crippen molar-refractivity contribution in [3.05, 3.63) is 29.8 Å². The number of carbonyl (C=O) groups is 2. The summed E-state index contributed by atoms with van der Waals surface area (Å²) in [6.07, 6.45) is 0. The number of carbonyl (C=O) groups excluding carboxylic acids is 2. The van der Waals surface area contributed by atoms with E-state index in [0.29, 0.717) is 0 Å². The summed E-state index contributed by atoms with van der Waals surface area (Å²) in [5.41, 5.74) is 1.05. The van der Waals surface area contributed by atoms with Gasteiger partial charge in [0.15, 0.2) is 0 Å². The SMILES string of the molecule is COc1ccc(C(C)N2CC(=O)NC(=O)C2)cc1. The average molecular weight is 248 g/mol. The van der Waals surface area contributed by atoms with Crippen LogP contribution in [-0.4, -0.2) is 36.9 Å². The van der Waals surface area contributed by atoms with E-state index >= 15 is 0 Å². The average Bonchev–Trinajstić information content (AvgIpc) is 2.37. The Hall–Kier alpha value is -1.88. The number of methoxy groups -OCH3 is 1. The fourth-order valence-electron chi connectivity index (χ4n) is 2.03. The van der Waals surface area contributed by atoms with Gasteiger partial charge in [0.05, 0.1) is 20.2 Å². The smallest absolute Gasteiger partial charge is 0.240 e. The number of imide groups is 1. The number of nitrogens with one attached hydrogen (secondary N) is 1. The van der Waals surface area contributed by atoms with Crippen LogP contribution in [-0.2, 0) is 9.59 Å². The Labute approximate surface area is 106 Å². The summed E-state index contributed by atoms with van der Waals surface area (Å²) in [6.45, 7) is 2.48. The molecular formula is C13H16N2O3. The minimum atomic E-state index is -0.244. The number of piperazine rings is 1. The summed E-state index contributed by atoms with van der Waals surface area (Å²) < 4.78 is 5.10. The summed E-state index contributed by atoms with van der Waals surface area (Å²) >= 11 is 0. The molecule has 2 rings (SSSR count). The number of hydrogen-bond acceptors (Lipinski definition) is 4. The van der Waals surface area contributed by atoms with Crippen molar-refractivity contribution in [3.63, 3.8) is 0 Å². The molecule has 0 saturated carbocycles. The van der Waals surface area contributed by atoms with Gasteiger partial charge in [-0.3, -0.25) is 19.8 Å². The Kier molecular flexibility index (Phi) is 3.62. The van der Waals surface area contributed by atoms with Crippen LogP contribution < -0.4 is 10.1 Å². The molecule has 2 amide bonds. The van der Waals surface area contributed by atoms with Gasteiger partial charge in [-0.15, -0.1) is 0 Å². The predicted molar refractivity (Wildman–Crippen MR) is 66.1 cm³/mol. The third kappa shape index (κ3) is 2.68. The maximum atomic E-state index is 11.3. The summed E-state index contributed by atoms with van der Waals surface area (Å²) in [6, 6.07) is 7.65. The molecule has 0 bridgehead atoms. The van der Waals surface area contributed by atoms with Gasteiger partial charge in [-0.2, -0.15) is 0 Å². The highest BCUT2D eigenvalue weighted by Gasteiger charge is 2.26. The van der Waals surface area contributed by atoms with Gasteiger partial charge >= 0.3 is 0 Å². The van der Waals surface area contributed by atoms with Crippen molar-refractivity contribution < 1.29 is 14.3 Å². The molecule has 1 saturated heterocycles. The second-order valence-electron chi connectivity index (χ2n) is 4.33. The van der Waals surface area contributed by atoms with Crippen LogP contribution in [0.4, 0.5) is 0 Å². The van der Waals surface area contributed by atoms with Gasteiger partial charge < -0.3 is 4.74 Å². The first-order chi connectivity index (χ1) is 8.60. The zero-order chi connectivity index (χ0) is 13.1. The Bertz CT molecular complexity index is 440. The molecule has 1 heterocycles. The molecule has 1 aliphatic rings. The molecule has 1 unspecified atom stereocenters. The summed E-state index contributed by atoms with van der Waals surface area (Å²) in [4.78, 5) is 24.5. The maximum Gasteiger partial charge on any atom is 0.240 e. The lowest BCUT2D eigenvalue weighted by Crippen LogP contribution is -2.51. The van der Waals surface area contributed by atoms with Crippen LogP contribution in [0.25, 0.3) is 0 Å². The molecule has 1 aliphatic heterocycles. The zero-order valence-electron chi connectivity index (χ0n) is 10.5. The number of benzene rings is 1. The fourth-order valence-corrected chi connectivity index (χ4v) is 2.03. The van der Waals surface area contributed by atoms with E-state index in [0.717, 1.165) is 11.3 Å². The second kappa shape index (κ2) is 5.18. The largest absolute Gasteiger partial charge is 0.497 e. The Morgan fingerprint density at radius 3 is 2.22 bits per heavy atom. The molecule has 1 N–H and O–H groups in total. The summed E-state index contributed by atoms with van der Waals surface area (Å²) in [5.74, 6) is 0.302. The minimum absolute atomic E-state index is 0.0194. The number of amides is 2. The maximum absolute atomic E-state index is 11.3. The van der Waals surface area contributed by atoms with Crippen molar-refractivity contribution in [3.8, 4) is 5.75 Å². The van der Waals surface area contributed by atoms with Crippen molar-refractivity contribution in [1.29, 1.82) is 0 Å². The van der Waals surface area contributed by atoms with Crippen molar-refractivity contribution in [2.75, 3.05) is 20.2 Å². The highest BCUT2D eigenvalue weighted by molar-refractivity contribution is 5.99. The molecule has 0 aromatic heterocycles. The van der Waals surface area contributed by atoms with Crippen LogP contribution in [0.1, 0.15) is 18.5 Å². The number of hydrogen-bond donors (Lipinski definition) is 1. The van der Waals surface area contributed by atoms with Gasteiger partial charge in [0, 0.05) is 6.04 Å². The van der Waals surface area contributed by atoms with Crippen molar-refractivity contribution in [2.24, 2.45) is 0 Å². The molecule has 1 aromatic rings. The lowest BCUT2D eigenvalue weighted by Gasteiger charge is -2.31. The van der Waals surface area contributed by atoms with E-state index in [9.17, 15) is 9.59 Å². The fraction of sp³-hybridized carbons (Fsp3) is 0.385. The van der Waals surface area contributed by atoms with Gasteiger partial charge in [-0.05, 0) is 24.6 Å². The van der Waals surface area contributed by atoms with E-state index in [1.54, 1.807) is 7.11 Å². The molecule has 0 radical (unpaired) electrons. The monoisotopic (exact) mass is 248 g/mol. The van der Waals surface area contributed by atoms with Gasteiger partial charge in [0.1, 0.15) is 5.75 Å². The van der Waals surface area contributed by atoms with E-state index in [-0.39, 0.29) is 30.9 Å². The van der Waals surface area contributed by atoms with E-state index in [2.05, 4.69) is 5.32 Å². The van der Waals surface area contributed by atoms with Crippen molar-refractivity contribution in [1.82, 2.24) is 10.2 Å². The first-order valence-electron chi connectivity index (χ1n) is 5.81. The number of nitrogens with zero attached hydrogens (tertiary/aromatic N) is 1. The van der Waals surface area contributed by atoms with E-state index < -0.39 is 0 Å². The minimum Gasteiger partial charge on any atom is -0.497 e. The van der Waals surface area contributed by atoms with Gasteiger partial charge in [-0.25, -0.2) is 0 Å². The molecule has 5 nitrogen and oxygen atoms in total. The first kappa shape index (κ1) is 12.6. The molecule has 1 fully saturated rings. The quantitative estimate of drug-likeness (QED) is 0.801. The topological polar surface area (TPSA) is 58.6 Å². The Balaban J connectivity index is 2.11. The van der Waals surface area contributed by atoms with Crippen LogP contribution in [0.3, 0.4) is 0 Å². The standard InChI is InChI=1S/C13H16N2O3/c1-9(10-3-5-11(18-2)6-4-10)15-7-12(16)14-13(17)8-15/h3-6,9H,7-8H2,1-2H3,(H,14,16,17). The first-order valence-corrected chi connectivity index (χ1v) is 5.81. The zero-order valence-corrected chi connectivity index (χ0v) is 10.5. The van der Waals surface area contributed by atoms with Crippen LogP contribution in [0.2, 0.25) is 0 Å².